The average Bonchev–Trinajstić information content (AvgIpc) is 2.78. The Morgan fingerprint density at radius 3 is 2.05 bits per heavy atom. The highest BCUT2D eigenvalue weighted by Crippen LogP contribution is 2.54. The quantitative estimate of drug-likeness (QED) is 0.306. The van der Waals surface area contributed by atoms with Gasteiger partial charge in [-0.2, -0.15) is 0 Å². The third kappa shape index (κ3) is 4.29. The van der Waals surface area contributed by atoms with Gasteiger partial charge in [-0.25, -0.2) is 0 Å². The average molecular weight is 534 g/mol. The normalized spacial score (nSPS) is 50.5. The van der Waals surface area contributed by atoms with Crippen molar-refractivity contribution in [3.8, 4) is 0 Å². The standard InChI is InChI=1S/C25H44NO11/c1-12-34-13-19(4)16(28)22(7,33-11)20(5,26-15(3)27)18(36-19)37-25(10)23(8,17(29)30)35-14(2)21(6,31)24(25,9)32/h12,14,16,18,28,31-32H,13H2,1-11H3,(H,26,27)(H,29,30)/p-1. The minimum atomic E-state index is -2.32. The van der Waals surface area contributed by atoms with E-state index in [2.05, 4.69) is 5.32 Å². The molecule has 1 radical (unpaired) electrons. The minimum Gasteiger partial charge on any atom is -0.547 e. The molecule has 37 heavy (non-hydrogen) atoms. The molecule has 12 heteroatoms. The van der Waals surface area contributed by atoms with Crippen molar-refractivity contribution < 1.29 is 53.7 Å². The molecule has 0 aromatic carbocycles. The predicted molar refractivity (Wildman–Crippen MR) is 128 cm³/mol. The Kier molecular flexibility index (Phi) is 8.32. The van der Waals surface area contributed by atoms with Crippen molar-refractivity contribution in [1.29, 1.82) is 0 Å². The van der Waals surface area contributed by atoms with E-state index in [4.69, 9.17) is 23.7 Å². The fraction of sp³-hybridized carbons (Fsp3) is 0.880. The second-order valence-electron chi connectivity index (χ2n) is 11.4. The van der Waals surface area contributed by atoms with Crippen LogP contribution in [0.1, 0.15) is 69.2 Å². The maximum atomic E-state index is 12.5. The Bertz CT molecular complexity index is 896. The van der Waals surface area contributed by atoms with Gasteiger partial charge in [-0.05, 0) is 62.3 Å². The lowest BCUT2D eigenvalue weighted by atomic mass is 9.61. The van der Waals surface area contributed by atoms with Gasteiger partial charge >= 0.3 is 0 Å². The number of carbonyl (C=O) groups is 2. The third-order valence-electron chi connectivity index (χ3n) is 9.14. The number of carboxylic acid groups (broad SMARTS) is 1. The zero-order valence-corrected chi connectivity index (χ0v) is 23.6. The molecule has 2 saturated heterocycles. The molecule has 4 N–H and O–H groups in total. The Balaban J connectivity index is 2.83. The maximum absolute atomic E-state index is 12.5. The number of carboxylic acids is 1. The van der Waals surface area contributed by atoms with Gasteiger partial charge in [0, 0.05) is 14.0 Å². The van der Waals surface area contributed by atoms with Crippen molar-refractivity contribution in [2.24, 2.45) is 0 Å². The number of ether oxygens (including phenoxy) is 5. The van der Waals surface area contributed by atoms with Crippen LogP contribution in [0.25, 0.3) is 0 Å². The van der Waals surface area contributed by atoms with E-state index >= 15 is 0 Å². The SMILES string of the molecule is C[CH]OCC1(C)OC(OC2(C)C(C)(C(=O)[O-])OC(C)C(C)(O)C2(C)O)C(C)(NC(C)=O)C(C)(OC)C1O. The van der Waals surface area contributed by atoms with E-state index in [1.165, 1.54) is 76.0 Å². The number of rotatable bonds is 8. The Morgan fingerprint density at radius 2 is 1.62 bits per heavy atom. The van der Waals surface area contributed by atoms with E-state index in [9.17, 15) is 30.0 Å². The van der Waals surface area contributed by atoms with E-state index in [0.29, 0.717) is 0 Å². The maximum Gasteiger partial charge on any atom is 0.217 e. The number of hydrogen-bond donors (Lipinski definition) is 4. The highest BCUT2D eigenvalue weighted by molar-refractivity contribution is 5.78. The van der Waals surface area contributed by atoms with E-state index < -0.39 is 69.5 Å². The van der Waals surface area contributed by atoms with Gasteiger partial charge in [0.05, 0.1) is 25.3 Å². The first-order chi connectivity index (χ1) is 16.6. The fourth-order valence-corrected chi connectivity index (χ4v) is 5.51. The van der Waals surface area contributed by atoms with Crippen molar-refractivity contribution in [3.63, 3.8) is 0 Å². The first-order valence-corrected chi connectivity index (χ1v) is 12.2. The van der Waals surface area contributed by atoms with Crippen LogP contribution >= 0.6 is 0 Å². The monoisotopic (exact) mass is 533 g/mol. The van der Waals surface area contributed by atoms with Crippen LogP contribution in [0.2, 0.25) is 0 Å². The first kappa shape index (κ1) is 31.8. The molecule has 2 aliphatic heterocycles. The predicted octanol–water partition coefficient (Wildman–Crippen LogP) is -0.835. The highest BCUT2D eigenvalue weighted by Gasteiger charge is 2.74. The molecule has 2 heterocycles. The number of aliphatic carboxylic acids is 1. The lowest BCUT2D eigenvalue weighted by Crippen LogP contribution is -2.87. The second kappa shape index (κ2) is 9.67. The lowest BCUT2D eigenvalue weighted by Gasteiger charge is -2.66. The molecular weight excluding hydrogens is 490 g/mol. The van der Waals surface area contributed by atoms with Crippen molar-refractivity contribution in [2.45, 2.75) is 127 Å². The molecule has 0 saturated carbocycles. The molecule has 12 nitrogen and oxygen atoms in total. The molecule has 0 aromatic heterocycles. The number of methoxy groups -OCH3 is 1. The first-order valence-electron chi connectivity index (χ1n) is 12.2. The van der Waals surface area contributed by atoms with Crippen LogP contribution in [0.15, 0.2) is 0 Å². The summed E-state index contributed by atoms with van der Waals surface area (Å²) in [6.45, 7) is 15.0. The third-order valence-corrected chi connectivity index (χ3v) is 9.14. The number of amides is 1. The van der Waals surface area contributed by atoms with Crippen molar-refractivity contribution >= 4 is 11.9 Å². The van der Waals surface area contributed by atoms with Gasteiger partial charge in [0.2, 0.25) is 5.91 Å². The smallest absolute Gasteiger partial charge is 0.217 e. The summed E-state index contributed by atoms with van der Waals surface area (Å²) in [7, 11) is 1.33. The van der Waals surface area contributed by atoms with Crippen molar-refractivity contribution in [1.82, 2.24) is 5.32 Å². The summed E-state index contributed by atoms with van der Waals surface area (Å²) in [5.74, 6) is -2.24. The van der Waals surface area contributed by atoms with Gasteiger partial charge in [-0.1, -0.05) is 0 Å². The summed E-state index contributed by atoms with van der Waals surface area (Å²) in [6.07, 6.45) is -4.13. The van der Waals surface area contributed by atoms with E-state index in [1.54, 1.807) is 6.92 Å². The summed E-state index contributed by atoms with van der Waals surface area (Å²) in [5.41, 5.74) is -13.6. The second-order valence-corrected chi connectivity index (χ2v) is 11.4. The number of aliphatic hydroxyl groups is 3. The molecule has 0 aromatic rings. The summed E-state index contributed by atoms with van der Waals surface area (Å²) >= 11 is 0. The summed E-state index contributed by atoms with van der Waals surface area (Å²) in [6, 6.07) is 0. The molecule has 10 unspecified atom stereocenters. The fourth-order valence-electron chi connectivity index (χ4n) is 5.51. The summed E-state index contributed by atoms with van der Waals surface area (Å²) in [4.78, 5) is 24.9. The molecule has 2 fully saturated rings. The van der Waals surface area contributed by atoms with Crippen molar-refractivity contribution in [2.75, 3.05) is 13.7 Å². The molecule has 2 rings (SSSR count). The van der Waals surface area contributed by atoms with Crippen LogP contribution in [-0.4, -0.2) is 98.6 Å². The Hall–Kier alpha value is -1.38. The summed E-state index contributed by atoms with van der Waals surface area (Å²) < 4.78 is 29.6. The molecular formula is C25H43NO11-. The highest BCUT2D eigenvalue weighted by atomic mass is 16.7. The lowest BCUT2D eigenvalue weighted by molar-refractivity contribution is -0.441. The van der Waals surface area contributed by atoms with Gasteiger partial charge < -0.3 is 54.2 Å². The molecule has 215 valence electrons. The van der Waals surface area contributed by atoms with E-state index in [1.807, 2.05) is 0 Å². The largest absolute Gasteiger partial charge is 0.547 e. The van der Waals surface area contributed by atoms with Crippen LogP contribution in [0.4, 0.5) is 0 Å². The molecule has 0 spiro atoms. The number of hydrogen-bond acceptors (Lipinski definition) is 11. The Labute approximate surface area is 218 Å². The number of carbonyl (C=O) groups excluding carboxylic acids is 2. The minimum absolute atomic E-state index is 0.171. The van der Waals surface area contributed by atoms with Crippen LogP contribution < -0.4 is 10.4 Å². The van der Waals surface area contributed by atoms with Gasteiger partial charge in [0.25, 0.3) is 0 Å². The van der Waals surface area contributed by atoms with E-state index in [-0.39, 0.29) is 6.61 Å². The van der Waals surface area contributed by atoms with Crippen LogP contribution in [0, 0.1) is 6.61 Å². The molecule has 2 aliphatic rings. The number of nitrogens with one attached hydrogen (secondary N) is 1. The number of aliphatic hydroxyl groups excluding tert-OH is 1. The molecule has 0 aliphatic carbocycles. The van der Waals surface area contributed by atoms with Crippen LogP contribution in [0.3, 0.4) is 0 Å². The Morgan fingerprint density at radius 1 is 1.08 bits per heavy atom. The van der Waals surface area contributed by atoms with Crippen LogP contribution in [0.5, 0.6) is 0 Å². The van der Waals surface area contributed by atoms with Gasteiger partial charge in [0.1, 0.15) is 45.2 Å². The molecule has 1 amide bonds. The zero-order chi connectivity index (χ0) is 29.0. The van der Waals surface area contributed by atoms with E-state index in [0.717, 1.165) is 0 Å². The topological polar surface area (TPSA) is 176 Å². The van der Waals surface area contributed by atoms with Gasteiger partial charge in [0.15, 0.2) is 6.29 Å². The molecule has 10 atom stereocenters. The van der Waals surface area contributed by atoms with Gasteiger partial charge in [-0.15, -0.1) is 0 Å². The van der Waals surface area contributed by atoms with Crippen LogP contribution in [-0.2, 0) is 33.3 Å². The summed E-state index contributed by atoms with van der Waals surface area (Å²) in [5, 5.41) is 49.7. The van der Waals surface area contributed by atoms with Gasteiger partial charge in [-0.3, -0.25) is 4.79 Å². The van der Waals surface area contributed by atoms with Crippen molar-refractivity contribution in [3.05, 3.63) is 6.61 Å². The zero-order valence-electron chi connectivity index (χ0n) is 23.6. The molecule has 0 bridgehead atoms.